The van der Waals surface area contributed by atoms with Crippen molar-refractivity contribution in [3.8, 4) is 0 Å². The fraction of sp³-hybridized carbons (Fsp3) is 1.00. The van der Waals surface area contributed by atoms with E-state index in [2.05, 4.69) is 0 Å². The standard InChI is InChI=1S/C14H28F4O3Si/c1-3-19-22(20-4-2,21-13-14(16,17)18)12-10-8-6-5-7-9-11-15/h3-13H2,1-2H3. The molecule has 0 atom stereocenters. The molecule has 0 aliphatic rings. The van der Waals surface area contributed by atoms with E-state index in [1.807, 2.05) is 0 Å². The van der Waals surface area contributed by atoms with Gasteiger partial charge in [0, 0.05) is 19.3 Å². The Hall–Kier alpha value is -0.183. The normalized spacial score (nSPS) is 12.8. The maximum absolute atomic E-state index is 12.4. The van der Waals surface area contributed by atoms with Crippen molar-refractivity contribution < 1.29 is 30.8 Å². The third-order valence-corrected chi connectivity index (χ3v) is 6.06. The zero-order chi connectivity index (χ0) is 16.9. The van der Waals surface area contributed by atoms with Crippen LogP contribution in [0.2, 0.25) is 6.04 Å². The van der Waals surface area contributed by atoms with E-state index in [4.69, 9.17) is 13.3 Å². The van der Waals surface area contributed by atoms with E-state index in [-0.39, 0.29) is 19.9 Å². The first-order valence-electron chi connectivity index (χ1n) is 7.93. The minimum absolute atomic E-state index is 0.264. The Labute approximate surface area is 131 Å². The summed E-state index contributed by atoms with van der Waals surface area (Å²) in [6.07, 6.45) is 0.452. The Bertz CT molecular complexity index is 259. The minimum atomic E-state index is -4.39. The third kappa shape index (κ3) is 11.4. The van der Waals surface area contributed by atoms with E-state index in [1.54, 1.807) is 13.8 Å². The fourth-order valence-electron chi connectivity index (χ4n) is 2.12. The van der Waals surface area contributed by atoms with Gasteiger partial charge < -0.3 is 13.3 Å². The molecule has 0 fully saturated rings. The van der Waals surface area contributed by atoms with Crippen LogP contribution in [0.4, 0.5) is 17.6 Å². The van der Waals surface area contributed by atoms with E-state index in [0.717, 1.165) is 25.7 Å². The van der Waals surface area contributed by atoms with E-state index >= 15 is 0 Å². The molecule has 0 amide bonds. The van der Waals surface area contributed by atoms with Crippen molar-refractivity contribution >= 4 is 8.80 Å². The minimum Gasteiger partial charge on any atom is -0.374 e. The number of alkyl halides is 4. The highest BCUT2D eigenvalue weighted by Gasteiger charge is 2.43. The molecule has 0 bridgehead atoms. The lowest BCUT2D eigenvalue weighted by molar-refractivity contribution is -0.164. The average molecular weight is 348 g/mol. The molecule has 0 aliphatic heterocycles. The SMILES string of the molecule is CCO[Si](CCCCCCCCF)(OCC)OCC(F)(F)F. The molecule has 134 valence electrons. The van der Waals surface area contributed by atoms with Crippen LogP contribution in [0.3, 0.4) is 0 Å². The fourth-order valence-corrected chi connectivity index (χ4v) is 4.75. The number of rotatable bonds is 14. The quantitative estimate of drug-likeness (QED) is 0.254. The van der Waals surface area contributed by atoms with E-state index in [9.17, 15) is 17.6 Å². The Morgan fingerprint density at radius 2 is 1.27 bits per heavy atom. The molecular formula is C14H28F4O3Si. The second-order valence-corrected chi connectivity index (χ2v) is 7.75. The van der Waals surface area contributed by atoms with E-state index < -0.39 is 21.6 Å². The summed E-state index contributed by atoms with van der Waals surface area (Å²) in [5.74, 6) is 0. The van der Waals surface area contributed by atoms with Gasteiger partial charge in [0.1, 0.15) is 6.61 Å². The molecule has 22 heavy (non-hydrogen) atoms. The molecule has 0 saturated heterocycles. The molecule has 0 rings (SSSR count). The lowest BCUT2D eigenvalue weighted by Crippen LogP contribution is -2.47. The van der Waals surface area contributed by atoms with Crippen molar-refractivity contribution in [2.75, 3.05) is 26.5 Å². The number of hydrogen-bond donors (Lipinski definition) is 0. The average Bonchev–Trinajstić information content (AvgIpc) is 2.44. The van der Waals surface area contributed by atoms with Crippen molar-refractivity contribution in [3.63, 3.8) is 0 Å². The summed E-state index contributed by atoms with van der Waals surface area (Å²) in [6, 6.07) is 0.383. The first-order chi connectivity index (χ1) is 10.4. The Kier molecular flexibility index (Phi) is 12.2. The molecular weight excluding hydrogens is 320 g/mol. The molecule has 0 spiro atoms. The summed E-state index contributed by atoms with van der Waals surface area (Å²) in [6.45, 7) is 2.33. The van der Waals surface area contributed by atoms with Crippen LogP contribution in [-0.2, 0) is 13.3 Å². The van der Waals surface area contributed by atoms with Crippen molar-refractivity contribution in [2.45, 2.75) is 64.6 Å². The number of unbranched alkanes of at least 4 members (excludes halogenated alkanes) is 5. The first kappa shape index (κ1) is 21.8. The summed E-state index contributed by atoms with van der Waals surface area (Å²) < 4.78 is 65.0. The molecule has 0 aromatic heterocycles. The van der Waals surface area contributed by atoms with Gasteiger partial charge in [-0.3, -0.25) is 4.39 Å². The summed E-state index contributed by atoms with van der Waals surface area (Å²) in [5.41, 5.74) is 0. The zero-order valence-electron chi connectivity index (χ0n) is 13.5. The van der Waals surface area contributed by atoms with Gasteiger partial charge in [0.15, 0.2) is 0 Å². The van der Waals surface area contributed by atoms with Crippen LogP contribution in [0.1, 0.15) is 52.4 Å². The van der Waals surface area contributed by atoms with Gasteiger partial charge in [-0.15, -0.1) is 0 Å². The lowest BCUT2D eigenvalue weighted by atomic mass is 10.1. The molecule has 0 saturated carbocycles. The molecule has 0 aromatic rings. The van der Waals surface area contributed by atoms with Gasteiger partial charge >= 0.3 is 15.0 Å². The largest absolute Gasteiger partial charge is 0.501 e. The van der Waals surface area contributed by atoms with Gasteiger partial charge in [0.2, 0.25) is 0 Å². The topological polar surface area (TPSA) is 27.7 Å². The molecule has 3 nitrogen and oxygen atoms in total. The van der Waals surface area contributed by atoms with Gasteiger partial charge in [-0.2, -0.15) is 13.2 Å². The van der Waals surface area contributed by atoms with Gasteiger partial charge in [0.05, 0.1) is 6.67 Å². The highest BCUT2D eigenvalue weighted by molar-refractivity contribution is 6.60. The summed E-state index contributed by atoms with van der Waals surface area (Å²) in [4.78, 5) is 0. The molecule has 0 N–H and O–H groups in total. The van der Waals surface area contributed by atoms with Crippen molar-refractivity contribution in [3.05, 3.63) is 0 Å². The van der Waals surface area contributed by atoms with Crippen molar-refractivity contribution in [1.29, 1.82) is 0 Å². The summed E-state index contributed by atoms with van der Waals surface area (Å²) in [7, 11) is -3.26. The van der Waals surface area contributed by atoms with Crippen LogP contribution in [0, 0.1) is 0 Å². The van der Waals surface area contributed by atoms with Crippen LogP contribution >= 0.6 is 0 Å². The van der Waals surface area contributed by atoms with Crippen LogP contribution in [-0.4, -0.2) is 41.5 Å². The second-order valence-electron chi connectivity index (χ2n) is 5.01. The Morgan fingerprint density at radius 1 is 0.773 bits per heavy atom. The van der Waals surface area contributed by atoms with Gasteiger partial charge in [-0.05, 0) is 26.7 Å². The first-order valence-corrected chi connectivity index (χ1v) is 9.87. The lowest BCUT2D eigenvalue weighted by Gasteiger charge is -2.29. The molecule has 0 aliphatic carbocycles. The van der Waals surface area contributed by atoms with Gasteiger partial charge in [0.25, 0.3) is 0 Å². The van der Waals surface area contributed by atoms with Crippen LogP contribution in [0.5, 0.6) is 0 Å². The smallest absolute Gasteiger partial charge is 0.374 e. The van der Waals surface area contributed by atoms with Crippen LogP contribution in [0.25, 0.3) is 0 Å². The maximum Gasteiger partial charge on any atom is 0.501 e. The van der Waals surface area contributed by atoms with Crippen LogP contribution in [0.15, 0.2) is 0 Å². The summed E-state index contributed by atoms with van der Waals surface area (Å²) in [5, 5.41) is 0. The number of hydrogen-bond acceptors (Lipinski definition) is 3. The Morgan fingerprint density at radius 3 is 1.73 bits per heavy atom. The number of halogens is 4. The second kappa shape index (κ2) is 12.3. The molecule has 0 radical (unpaired) electrons. The zero-order valence-corrected chi connectivity index (χ0v) is 14.5. The summed E-state index contributed by atoms with van der Waals surface area (Å²) >= 11 is 0. The Balaban J connectivity index is 4.26. The van der Waals surface area contributed by atoms with Crippen molar-refractivity contribution in [2.24, 2.45) is 0 Å². The predicted octanol–water partition coefficient (Wildman–Crippen LogP) is 4.89. The third-order valence-electron chi connectivity index (χ3n) is 3.05. The molecule has 0 aromatic carbocycles. The molecule has 0 heterocycles. The van der Waals surface area contributed by atoms with E-state index in [1.165, 1.54) is 0 Å². The molecule has 0 unspecified atom stereocenters. The van der Waals surface area contributed by atoms with Gasteiger partial charge in [-0.25, -0.2) is 0 Å². The highest BCUT2D eigenvalue weighted by Crippen LogP contribution is 2.24. The molecule has 8 heteroatoms. The monoisotopic (exact) mass is 348 g/mol. The van der Waals surface area contributed by atoms with Crippen LogP contribution < -0.4 is 0 Å². The van der Waals surface area contributed by atoms with E-state index in [0.29, 0.717) is 18.9 Å². The van der Waals surface area contributed by atoms with Crippen molar-refractivity contribution in [1.82, 2.24) is 0 Å². The highest BCUT2D eigenvalue weighted by atomic mass is 28.4. The van der Waals surface area contributed by atoms with Gasteiger partial charge in [-0.1, -0.05) is 25.7 Å². The predicted molar refractivity (Wildman–Crippen MR) is 79.5 cm³/mol. The maximum atomic E-state index is 12.4.